The summed E-state index contributed by atoms with van der Waals surface area (Å²) in [4.78, 5) is 0. The molecule has 0 saturated heterocycles. The summed E-state index contributed by atoms with van der Waals surface area (Å²) >= 11 is 0. The molecule has 1 nitrogen and oxygen atoms in total. The monoisotopic (exact) mass is 249 g/mol. The fraction of sp³-hybridized carbons (Fsp3) is 0.625. The van der Waals surface area contributed by atoms with Crippen LogP contribution in [0.3, 0.4) is 0 Å². The highest BCUT2D eigenvalue weighted by atomic mass is 19.1. The minimum absolute atomic E-state index is 0.0497. The van der Waals surface area contributed by atoms with Gasteiger partial charge in [0.05, 0.1) is 0 Å². The first-order chi connectivity index (χ1) is 8.66. The van der Waals surface area contributed by atoms with Crippen molar-refractivity contribution in [3.63, 3.8) is 0 Å². The lowest BCUT2D eigenvalue weighted by Crippen LogP contribution is -2.36. The molecule has 0 spiro atoms. The van der Waals surface area contributed by atoms with Gasteiger partial charge < -0.3 is 5.32 Å². The van der Waals surface area contributed by atoms with Gasteiger partial charge in [-0.15, -0.1) is 0 Å². The Balaban J connectivity index is 1.98. The van der Waals surface area contributed by atoms with Gasteiger partial charge in [0.15, 0.2) is 0 Å². The van der Waals surface area contributed by atoms with Gasteiger partial charge in [0.2, 0.25) is 0 Å². The van der Waals surface area contributed by atoms with E-state index in [1.165, 1.54) is 19.3 Å². The van der Waals surface area contributed by atoms with Gasteiger partial charge in [-0.05, 0) is 36.4 Å². The Morgan fingerprint density at radius 3 is 2.56 bits per heavy atom. The van der Waals surface area contributed by atoms with Crippen LogP contribution in [0.15, 0.2) is 24.3 Å². The van der Waals surface area contributed by atoms with E-state index >= 15 is 0 Å². The molecule has 100 valence electrons. The summed E-state index contributed by atoms with van der Waals surface area (Å²) in [5.41, 5.74) is 0.875. The van der Waals surface area contributed by atoms with E-state index in [9.17, 15) is 4.39 Å². The van der Waals surface area contributed by atoms with Crippen molar-refractivity contribution in [3.8, 4) is 0 Å². The highest BCUT2D eigenvalue weighted by molar-refractivity contribution is 5.18. The summed E-state index contributed by atoms with van der Waals surface area (Å²) in [7, 11) is 0. The Kier molecular flexibility index (Phi) is 4.76. The molecule has 1 unspecified atom stereocenters. The smallest absolute Gasteiger partial charge is 0.126 e. The van der Waals surface area contributed by atoms with Crippen LogP contribution in [-0.2, 0) is 6.42 Å². The molecule has 0 heterocycles. The minimum Gasteiger partial charge on any atom is -0.314 e. The second-order valence-electron chi connectivity index (χ2n) is 5.81. The lowest BCUT2D eigenvalue weighted by Gasteiger charge is -2.34. The third-order valence-corrected chi connectivity index (χ3v) is 4.04. The van der Waals surface area contributed by atoms with Crippen LogP contribution in [0.5, 0.6) is 0 Å². The third kappa shape index (κ3) is 3.55. The molecule has 0 amide bonds. The number of nitrogens with one attached hydrogen (secondary N) is 1. The van der Waals surface area contributed by atoms with Gasteiger partial charge in [-0.1, -0.05) is 51.3 Å². The van der Waals surface area contributed by atoms with Crippen molar-refractivity contribution in [1.29, 1.82) is 0 Å². The van der Waals surface area contributed by atoms with Crippen LogP contribution in [0.1, 0.15) is 38.7 Å². The molecule has 1 aliphatic carbocycles. The summed E-state index contributed by atoms with van der Waals surface area (Å²) in [5.74, 6) is 1.32. The molecule has 1 saturated carbocycles. The first kappa shape index (κ1) is 13.5. The molecule has 0 bridgehead atoms. The van der Waals surface area contributed by atoms with Gasteiger partial charge in [0.25, 0.3) is 0 Å². The number of halogens is 1. The molecule has 0 radical (unpaired) electrons. The van der Waals surface area contributed by atoms with Gasteiger partial charge in [-0.2, -0.15) is 0 Å². The fourth-order valence-corrected chi connectivity index (χ4v) is 2.65. The molecule has 18 heavy (non-hydrogen) atoms. The standard InChI is InChI=1S/C16H24FN/c1-12(2)18-11-15(13-7-5-8-13)10-14-6-3-4-9-16(14)17/h3-4,6,9,12-13,15,18H,5,7-8,10-11H2,1-2H3. The average molecular weight is 249 g/mol. The SMILES string of the molecule is CC(C)NCC(Cc1ccccc1F)C1CCC1. The number of rotatable bonds is 6. The van der Waals surface area contributed by atoms with E-state index in [1.807, 2.05) is 12.1 Å². The Labute approximate surface area is 110 Å². The molecular weight excluding hydrogens is 225 g/mol. The lowest BCUT2D eigenvalue weighted by atomic mass is 9.73. The molecule has 1 atom stereocenters. The minimum atomic E-state index is -0.0497. The summed E-state index contributed by atoms with van der Waals surface area (Å²) in [6.45, 7) is 5.35. The predicted octanol–water partition coefficient (Wildman–Crippen LogP) is 3.78. The molecule has 2 heteroatoms. The van der Waals surface area contributed by atoms with E-state index in [0.29, 0.717) is 12.0 Å². The highest BCUT2D eigenvalue weighted by Gasteiger charge is 2.27. The average Bonchev–Trinajstić information content (AvgIpc) is 2.26. The van der Waals surface area contributed by atoms with E-state index < -0.39 is 0 Å². The number of benzene rings is 1. The number of hydrogen-bond acceptors (Lipinski definition) is 1. The summed E-state index contributed by atoms with van der Waals surface area (Å²) < 4.78 is 13.7. The van der Waals surface area contributed by atoms with Crippen LogP contribution in [0, 0.1) is 17.7 Å². The van der Waals surface area contributed by atoms with Crippen LogP contribution in [0.25, 0.3) is 0 Å². The molecular formula is C16H24FN. The van der Waals surface area contributed by atoms with Crippen molar-refractivity contribution in [2.75, 3.05) is 6.54 Å². The summed E-state index contributed by atoms with van der Waals surface area (Å²) in [6.07, 6.45) is 4.86. The zero-order chi connectivity index (χ0) is 13.0. The molecule has 1 aromatic rings. The molecule has 2 rings (SSSR count). The maximum Gasteiger partial charge on any atom is 0.126 e. The largest absolute Gasteiger partial charge is 0.314 e. The summed E-state index contributed by atoms with van der Waals surface area (Å²) in [6, 6.07) is 7.71. The molecule has 1 aliphatic rings. The normalized spacial score (nSPS) is 17.8. The van der Waals surface area contributed by atoms with E-state index in [1.54, 1.807) is 12.1 Å². The second kappa shape index (κ2) is 6.33. The number of hydrogen-bond donors (Lipinski definition) is 1. The molecule has 1 aromatic carbocycles. The van der Waals surface area contributed by atoms with Gasteiger partial charge in [-0.25, -0.2) is 4.39 Å². The topological polar surface area (TPSA) is 12.0 Å². The van der Waals surface area contributed by atoms with E-state index in [2.05, 4.69) is 19.2 Å². The van der Waals surface area contributed by atoms with E-state index in [-0.39, 0.29) is 5.82 Å². The first-order valence-corrected chi connectivity index (χ1v) is 7.13. The zero-order valence-corrected chi connectivity index (χ0v) is 11.5. The maximum absolute atomic E-state index is 13.7. The Morgan fingerprint density at radius 1 is 1.28 bits per heavy atom. The van der Waals surface area contributed by atoms with Crippen LogP contribution >= 0.6 is 0 Å². The van der Waals surface area contributed by atoms with Gasteiger partial charge in [0.1, 0.15) is 5.82 Å². The maximum atomic E-state index is 13.7. The Hall–Kier alpha value is -0.890. The predicted molar refractivity (Wildman–Crippen MR) is 74.1 cm³/mol. The highest BCUT2D eigenvalue weighted by Crippen LogP contribution is 2.35. The van der Waals surface area contributed by atoms with Gasteiger partial charge in [0, 0.05) is 6.04 Å². The van der Waals surface area contributed by atoms with Crippen molar-refractivity contribution in [2.45, 2.75) is 45.6 Å². The molecule has 0 aromatic heterocycles. The molecule has 1 fully saturated rings. The van der Waals surface area contributed by atoms with E-state index in [4.69, 9.17) is 0 Å². The van der Waals surface area contributed by atoms with Crippen LogP contribution in [0.4, 0.5) is 4.39 Å². The van der Waals surface area contributed by atoms with Crippen LogP contribution in [-0.4, -0.2) is 12.6 Å². The van der Waals surface area contributed by atoms with E-state index in [0.717, 1.165) is 24.4 Å². The van der Waals surface area contributed by atoms with Crippen molar-refractivity contribution < 1.29 is 4.39 Å². The second-order valence-corrected chi connectivity index (χ2v) is 5.81. The third-order valence-electron chi connectivity index (χ3n) is 4.04. The van der Waals surface area contributed by atoms with Crippen molar-refractivity contribution in [3.05, 3.63) is 35.6 Å². The Morgan fingerprint density at radius 2 is 2.00 bits per heavy atom. The molecule has 1 N–H and O–H groups in total. The van der Waals surface area contributed by atoms with Crippen LogP contribution in [0.2, 0.25) is 0 Å². The van der Waals surface area contributed by atoms with Crippen molar-refractivity contribution in [1.82, 2.24) is 5.32 Å². The van der Waals surface area contributed by atoms with Crippen molar-refractivity contribution >= 4 is 0 Å². The van der Waals surface area contributed by atoms with Crippen LogP contribution < -0.4 is 5.32 Å². The lowest BCUT2D eigenvalue weighted by molar-refractivity contribution is 0.196. The zero-order valence-electron chi connectivity index (χ0n) is 11.5. The quantitative estimate of drug-likeness (QED) is 0.809. The summed E-state index contributed by atoms with van der Waals surface area (Å²) in [5, 5.41) is 3.51. The van der Waals surface area contributed by atoms with Crippen molar-refractivity contribution in [2.24, 2.45) is 11.8 Å². The fourth-order valence-electron chi connectivity index (χ4n) is 2.65. The molecule has 0 aliphatic heterocycles. The Bertz CT molecular complexity index is 371. The first-order valence-electron chi connectivity index (χ1n) is 7.13. The van der Waals surface area contributed by atoms with Gasteiger partial charge in [-0.3, -0.25) is 0 Å². The van der Waals surface area contributed by atoms with Gasteiger partial charge >= 0.3 is 0 Å².